The second kappa shape index (κ2) is 9.98. The number of benzene rings is 2. The Morgan fingerprint density at radius 3 is 2.63 bits per heavy atom. The van der Waals surface area contributed by atoms with Gasteiger partial charge in [-0.25, -0.2) is 0 Å². The quantitative estimate of drug-likeness (QED) is 0.417. The lowest BCUT2D eigenvalue weighted by atomic mass is 10.2. The van der Waals surface area contributed by atoms with Crippen molar-refractivity contribution in [3.05, 3.63) is 56.5 Å². The van der Waals surface area contributed by atoms with Crippen LogP contribution in [0.5, 0.6) is 11.5 Å². The summed E-state index contributed by atoms with van der Waals surface area (Å²) in [4.78, 5) is 38.4. The monoisotopic (exact) mass is 538 g/mol. The van der Waals surface area contributed by atoms with Crippen molar-refractivity contribution in [1.82, 2.24) is 4.90 Å². The Labute approximate surface area is 191 Å². The van der Waals surface area contributed by atoms with E-state index in [2.05, 4.69) is 27.9 Å². The molecule has 3 rings (SSSR count). The molecule has 0 spiro atoms. The summed E-state index contributed by atoms with van der Waals surface area (Å²) in [6.45, 7) is 2.03. The molecule has 0 aromatic heterocycles. The Balaban J connectivity index is 1.76. The molecule has 9 heteroatoms. The van der Waals surface area contributed by atoms with Crippen LogP contribution in [0.25, 0.3) is 6.08 Å². The molecule has 1 heterocycles. The fourth-order valence-electron chi connectivity index (χ4n) is 2.76. The lowest BCUT2D eigenvalue weighted by Gasteiger charge is -2.13. The number of amides is 3. The minimum atomic E-state index is -0.504. The van der Waals surface area contributed by atoms with Gasteiger partial charge in [-0.2, -0.15) is 0 Å². The Hall–Kier alpha value is -2.53. The van der Waals surface area contributed by atoms with E-state index in [-0.39, 0.29) is 11.4 Å². The number of carbonyl (C=O) groups is 3. The first-order chi connectivity index (χ1) is 14.4. The van der Waals surface area contributed by atoms with Crippen LogP contribution in [0.4, 0.5) is 10.5 Å². The van der Waals surface area contributed by atoms with Crippen LogP contribution in [-0.4, -0.2) is 42.2 Å². The summed E-state index contributed by atoms with van der Waals surface area (Å²) in [5.74, 6) is 0.220. The lowest BCUT2D eigenvalue weighted by Crippen LogP contribution is -2.36. The molecule has 0 unspecified atom stereocenters. The highest BCUT2D eigenvalue weighted by Gasteiger charge is 2.36. The summed E-state index contributed by atoms with van der Waals surface area (Å²) in [7, 11) is 1.54. The molecular formula is C21H19IN2O5S. The van der Waals surface area contributed by atoms with Crippen molar-refractivity contribution >= 4 is 63.2 Å². The predicted octanol–water partition coefficient (Wildman–Crippen LogP) is 4.37. The maximum absolute atomic E-state index is 12.7. The van der Waals surface area contributed by atoms with Gasteiger partial charge in [-0.15, -0.1) is 0 Å². The molecule has 1 N–H and O–H groups in total. The normalized spacial score (nSPS) is 14.9. The fourth-order valence-corrected chi connectivity index (χ4v) is 4.38. The molecule has 0 aliphatic carbocycles. The third-order valence-corrected chi connectivity index (χ3v) is 5.78. The van der Waals surface area contributed by atoms with E-state index in [1.54, 1.807) is 36.4 Å². The molecule has 1 aliphatic heterocycles. The van der Waals surface area contributed by atoms with Gasteiger partial charge in [0.1, 0.15) is 6.54 Å². The van der Waals surface area contributed by atoms with Crippen LogP contribution in [0.1, 0.15) is 12.5 Å². The zero-order chi connectivity index (χ0) is 21.7. The van der Waals surface area contributed by atoms with Crippen molar-refractivity contribution in [3.63, 3.8) is 0 Å². The maximum atomic E-state index is 12.7. The highest BCUT2D eigenvalue weighted by atomic mass is 127. The SMILES string of the molecule is CCOc1c(I)cc(/C=C2/SC(=O)N(CC(=O)Nc3ccccc3)C2=O)cc1OC. The molecule has 1 fully saturated rings. The Morgan fingerprint density at radius 2 is 1.97 bits per heavy atom. The Bertz CT molecular complexity index is 1010. The molecule has 2 aromatic rings. The number of methoxy groups -OCH3 is 1. The highest BCUT2D eigenvalue weighted by molar-refractivity contribution is 14.1. The predicted molar refractivity (Wildman–Crippen MR) is 125 cm³/mol. The molecule has 7 nitrogen and oxygen atoms in total. The Morgan fingerprint density at radius 1 is 1.23 bits per heavy atom. The number of nitrogens with one attached hydrogen (secondary N) is 1. The van der Waals surface area contributed by atoms with Gasteiger partial charge in [0.15, 0.2) is 11.5 Å². The van der Waals surface area contributed by atoms with E-state index in [0.29, 0.717) is 29.4 Å². The van der Waals surface area contributed by atoms with E-state index < -0.39 is 17.1 Å². The third kappa shape index (κ3) is 5.14. The highest BCUT2D eigenvalue weighted by Crippen LogP contribution is 2.37. The van der Waals surface area contributed by atoms with Gasteiger partial charge in [-0.3, -0.25) is 19.3 Å². The average molecular weight is 538 g/mol. The van der Waals surface area contributed by atoms with E-state index in [0.717, 1.165) is 20.2 Å². The van der Waals surface area contributed by atoms with Crippen molar-refractivity contribution < 1.29 is 23.9 Å². The fraction of sp³-hybridized carbons (Fsp3) is 0.190. The second-order valence-corrected chi connectivity index (χ2v) is 8.30. The number of halogens is 1. The third-order valence-electron chi connectivity index (χ3n) is 4.07. The molecule has 1 saturated heterocycles. The summed E-state index contributed by atoms with van der Waals surface area (Å²) < 4.78 is 11.8. The molecule has 0 atom stereocenters. The summed E-state index contributed by atoms with van der Waals surface area (Å²) in [6.07, 6.45) is 1.61. The molecule has 30 heavy (non-hydrogen) atoms. The molecule has 1 aliphatic rings. The number of hydrogen-bond donors (Lipinski definition) is 1. The van der Waals surface area contributed by atoms with Crippen LogP contribution in [-0.2, 0) is 9.59 Å². The summed E-state index contributed by atoms with van der Waals surface area (Å²) in [5.41, 5.74) is 1.29. The number of imide groups is 1. The largest absolute Gasteiger partial charge is 0.493 e. The maximum Gasteiger partial charge on any atom is 0.294 e. The minimum Gasteiger partial charge on any atom is -0.493 e. The topological polar surface area (TPSA) is 84.9 Å². The first kappa shape index (κ1) is 22.2. The Kier molecular flexibility index (Phi) is 7.38. The molecule has 3 amide bonds. The first-order valence-electron chi connectivity index (χ1n) is 9.03. The van der Waals surface area contributed by atoms with Crippen molar-refractivity contribution in [2.45, 2.75) is 6.92 Å². The molecule has 0 saturated carbocycles. The molecule has 0 bridgehead atoms. The van der Waals surface area contributed by atoms with Crippen molar-refractivity contribution in [3.8, 4) is 11.5 Å². The molecule has 156 valence electrons. The second-order valence-electron chi connectivity index (χ2n) is 6.15. The molecule has 0 radical (unpaired) electrons. The minimum absolute atomic E-state index is 0.245. The van der Waals surface area contributed by atoms with Gasteiger partial charge >= 0.3 is 0 Å². The number of thioether (sulfide) groups is 1. The van der Waals surface area contributed by atoms with E-state index in [4.69, 9.17) is 9.47 Å². The van der Waals surface area contributed by atoms with Crippen molar-refractivity contribution in [2.24, 2.45) is 0 Å². The summed E-state index contributed by atoms with van der Waals surface area (Å²) in [6, 6.07) is 12.4. The molecular weight excluding hydrogens is 519 g/mol. The van der Waals surface area contributed by atoms with Crippen LogP contribution in [0.15, 0.2) is 47.4 Å². The van der Waals surface area contributed by atoms with Crippen LogP contribution < -0.4 is 14.8 Å². The van der Waals surface area contributed by atoms with E-state index in [1.165, 1.54) is 7.11 Å². The zero-order valence-electron chi connectivity index (χ0n) is 16.3. The number of carbonyl (C=O) groups excluding carboxylic acids is 3. The summed E-state index contributed by atoms with van der Waals surface area (Å²) >= 11 is 2.93. The number of para-hydroxylation sites is 1. The number of ether oxygens (including phenoxy) is 2. The number of hydrogen-bond acceptors (Lipinski definition) is 6. The van der Waals surface area contributed by atoms with Crippen LogP contribution in [0, 0.1) is 3.57 Å². The van der Waals surface area contributed by atoms with Gasteiger partial charge in [-0.05, 0) is 77.2 Å². The standard InChI is InChI=1S/C21H19IN2O5S/c1-3-29-19-15(22)9-13(10-16(19)28-2)11-17-20(26)24(21(27)30-17)12-18(25)23-14-7-5-4-6-8-14/h4-11H,3,12H2,1-2H3,(H,23,25)/b17-11+. The molecule has 2 aromatic carbocycles. The van der Waals surface area contributed by atoms with E-state index in [1.807, 2.05) is 19.1 Å². The summed E-state index contributed by atoms with van der Waals surface area (Å²) in [5, 5.41) is 2.19. The van der Waals surface area contributed by atoms with Crippen LogP contribution >= 0.6 is 34.4 Å². The van der Waals surface area contributed by atoms with Gasteiger partial charge in [0.2, 0.25) is 5.91 Å². The first-order valence-corrected chi connectivity index (χ1v) is 10.9. The van der Waals surface area contributed by atoms with Crippen molar-refractivity contribution in [2.75, 3.05) is 25.6 Å². The number of rotatable bonds is 7. The van der Waals surface area contributed by atoms with Crippen molar-refractivity contribution in [1.29, 1.82) is 0 Å². The zero-order valence-corrected chi connectivity index (χ0v) is 19.3. The van der Waals surface area contributed by atoms with Gasteiger partial charge in [-0.1, -0.05) is 18.2 Å². The van der Waals surface area contributed by atoms with Crippen LogP contribution in [0.3, 0.4) is 0 Å². The van der Waals surface area contributed by atoms with Crippen LogP contribution in [0.2, 0.25) is 0 Å². The lowest BCUT2D eigenvalue weighted by molar-refractivity contribution is -0.127. The van der Waals surface area contributed by atoms with Gasteiger partial charge in [0.05, 0.1) is 22.2 Å². The van der Waals surface area contributed by atoms with Gasteiger partial charge < -0.3 is 14.8 Å². The number of nitrogens with zero attached hydrogens (tertiary/aromatic N) is 1. The van der Waals surface area contributed by atoms with E-state index >= 15 is 0 Å². The average Bonchev–Trinajstić information content (AvgIpc) is 2.98. The van der Waals surface area contributed by atoms with E-state index in [9.17, 15) is 14.4 Å². The van der Waals surface area contributed by atoms with Gasteiger partial charge in [0, 0.05) is 5.69 Å². The smallest absolute Gasteiger partial charge is 0.294 e. The van der Waals surface area contributed by atoms with Gasteiger partial charge in [0.25, 0.3) is 11.1 Å². The number of anilines is 1.